The summed E-state index contributed by atoms with van der Waals surface area (Å²) in [6, 6.07) is 5.95. The predicted molar refractivity (Wildman–Crippen MR) is 133 cm³/mol. The monoisotopic (exact) mass is 573 g/mol. The van der Waals surface area contributed by atoms with Gasteiger partial charge in [0.2, 0.25) is 5.82 Å². The molecule has 206 valence electrons. The molecular weight excluding hydrogens is 548 g/mol. The van der Waals surface area contributed by atoms with E-state index in [1.807, 2.05) is 4.98 Å². The molecule has 15 heteroatoms. The lowest BCUT2D eigenvalue weighted by Crippen LogP contribution is -2.34. The molecule has 0 bridgehead atoms. The SMILES string of the molecule is C#CCNP(=O)(OC[C@H]1O[C@@H](n2cc(F)c(=O)[nH]c2=O)C[C@@H]1OC(=O)OC(C)(C)C)Oc1ccc(Cl)cc1. The molecule has 1 aromatic carbocycles. The molecule has 1 aliphatic heterocycles. The molecule has 2 aromatic rings. The molecule has 0 amide bonds. The highest BCUT2D eigenvalue weighted by Crippen LogP contribution is 2.45. The van der Waals surface area contributed by atoms with Crippen molar-refractivity contribution in [3.8, 4) is 18.1 Å². The van der Waals surface area contributed by atoms with Crippen molar-refractivity contribution in [2.45, 2.75) is 51.2 Å². The van der Waals surface area contributed by atoms with Gasteiger partial charge in [0.05, 0.1) is 19.3 Å². The minimum Gasteiger partial charge on any atom is -0.429 e. The van der Waals surface area contributed by atoms with Crippen LogP contribution in [0.5, 0.6) is 5.75 Å². The number of halogens is 2. The van der Waals surface area contributed by atoms with Crippen molar-refractivity contribution >= 4 is 25.5 Å². The summed E-state index contributed by atoms with van der Waals surface area (Å²) in [5.41, 5.74) is -3.03. The molecular formula is C23H26ClFN3O9P. The number of aromatic nitrogens is 2. The minimum absolute atomic E-state index is 0.154. The number of rotatable bonds is 9. The van der Waals surface area contributed by atoms with Crippen molar-refractivity contribution in [3.05, 3.63) is 62.1 Å². The van der Waals surface area contributed by atoms with Crippen molar-refractivity contribution in [1.29, 1.82) is 0 Å². The van der Waals surface area contributed by atoms with E-state index in [1.165, 1.54) is 24.3 Å². The van der Waals surface area contributed by atoms with Gasteiger partial charge in [-0.25, -0.2) is 19.2 Å². The highest BCUT2D eigenvalue weighted by Gasteiger charge is 2.42. The Morgan fingerprint density at radius 3 is 2.66 bits per heavy atom. The molecule has 2 heterocycles. The average molecular weight is 574 g/mol. The van der Waals surface area contributed by atoms with Crippen LogP contribution in [-0.2, 0) is 23.3 Å². The molecule has 0 aliphatic carbocycles. The summed E-state index contributed by atoms with van der Waals surface area (Å²) in [5, 5.41) is 2.92. The Morgan fingerprint density at radius 1 is 1.34 bits per heavy atom. The van der Waals surface area contributed by atoms with Gasteiger partial charge >= 0.3 is 19.6 Å². The fourth-order valence-electron chi connectivity index (χ4n) is 3.27. The second kappa shape index (κ2) is 12.1. The smallest absolute Gasteiger partial charge is 0.429 e. The zero-order chi connectivity index (χ0) is 28.1. The van der Waals surface area contributed by atoms with Crippen molar-refractivity contribution in [2.24, 2.45) is 0 Å². The number of carbonyl (C=O) groups is 1. The molecule has 38 heavy (non-hydrogen) atoms. The van der Waals surface area contributed by atoms with E-state index in [2.05, 4.69) is 11.0 Å². The van der Waals surface area contributed by atoms with Crippen LogP contribution in [0.25, 0.3) is 0 Å². The quantitative estimate of drug-likeness (QED) is 0.260. The molecule has 3 rings (SSSR count). The maximum Gasteiger partial charge on any atom is 0.509 e. The van der Waals surface area contributed by atoms with Crippen LogP contribution in [0.15, 0.2) is 40.1 Å². The summed E-state index contributed by atoms with van der Waals surface area (Å²) < 4.78 is 55.4. The summed E-state index contributed by atoms with van der Waals surface area (Å²) >= 11 is 5.87. The molecule has 0 radical (unpaired) electrons. The van der Waals surface area contributed by atoms with Gasteiger partial charge in [-0.3, -0.25) is 18.9 Å². The number of nitrogens with one attached hydrogen (secondary N) is 2. The van der Waals surface area contributed by atoms with Gasteiger partial charge in [0, 0.05) is 11.4 Å². The first kappa shape index (κ1) is 29.4. The molecule has 12 nitrogen and oxygen atoms in total. The number of carbonyl (C=O) groups excluding carboxylic acids is 1. The molecule has 1 unspecified atom stereocenters. The van der Waals surface area contributed by atoms with Gasteiger partial charge in [0.1, 0.15) is 29.8 Å². The van der Waals surface area contributed by atoms with E-state index in [1.54, 1.807) is 20.8 Å². The molecule has 1 saturated heterocycles. The van der Waals surface area contributed by atoms with Crippen LogP contribution in [0.1, 0.15) is 33.4 Å². The van der Waals surface area contributed by atoms with Gasteiger partial charge in [-0.05, 0) is 45.0 Å². The second-order valence-corrected chi connectivity index (χ2v) is 11.2. The van der Waals surface area contributed by atoms with E-state index < -0.39 is 61.6 Å². The van der Waals surface area contributed by atoms with Gasteiger partial charge < -0.3 is 18.7 Å². The number of terminal acetylenes is 1. The molecule has 1 aromatic heterocycles. The number of H-pyrrole nitrogens is 1. The Kier molecular flexibility index (Phi) is 9.40. The number of benzene rings is 1. The summed E-state index contributed by atoms with van der Waals surface area (Å²) in [4.78, 5) is 37.8. The highest BCUT2D eigenvalue weighted by atomic mass is 35.5. The third-order valence-corrected chi connectivity index (χ3v) is 6.61. The molecule has 2 N–H and O–H groups in total. The maximum atomic E-state index is 13.9. The summed E-state index contributed by atoms with van der Waals surface area (Å²) in [7, 11) is -4.10. The average Bonchev–Trinajstić information content (AvgIpc) is 3.21. The molecule has 0 spiro atoms. The molecule has 4 atom stereocenters. The van der Waals surface area contributed by atoms with Gasteiger partial charge in [-0.15, -0.1) is 6.42 Å². The molecule has 1 fully saturated rings. The highest BCUT2D eigenvalue weighted by molar-refractivity contribution is 7.52. The molecule has 0 saturated carbocycles. The second-order valence-electron chi connectivity index (χ2n) is 9.01. The Hall–Kier alpha value is -3.14. The largest absolute Gasteiger partial charge is 0.509 e. The Morgan fingerprint density at radius 2 is 2.03 bits per heavy atom. The van der Waals surface area contributed by atoms with E-state index in [0.29, 0.717) is 11.2 Å². The van der Waals surface area contributed by atoms with Gasteiger partial charge in [0.15, 0.2) is 0 Å². The molecule has 1 aliphatic rings. The van der Waals surface area contributed by atoms with Crippen LogP contribution in [0.3, 0.4) is 0 Å². The first-order valence-electron chi connectivity index (χ1n) is 11.2. The van der Waals surface area contributed by atoms with Crippen LogP contribution in [0.4, 0.5) is 9.18 Å². The lowest BCUT2D eigenvalue weighted by Gasteiger charge is -2.24. The van der Waals surface area contributed by atoms with E-state index in [-0.39, 0.29) is 18.7 Å². The zero-order valence-electron chi connectivity index (χ0n) is 20.6. The van der Waals surface area contributed by atoms with Crippen molar-refractivity contribution in [1.82, 2.24) is 14.6 Å². The van der Waals surface area contributed by atoms with E-state index in [0.717, 1.165) is 4.57 Å². The lowest BCUT2D eigenvalue weighted by molar-refractivity contribution is -0.0666. The third-order valence-electron chi connectivity index (χ3n) is 4.87. The van der Waals surface area contributed by atoms with Crippen LogP contribution >= 0.6 is 19.3 Å². The fourth-order valence-corrected chi connectivity index (χ4v) is 4.63. The van der Waals surface area contributed by atoms with Gasteiger partial charge in [-0.2, -0.15) is 4.39 Å². The van der Waals surface area contributed by atoms with E-state index in [4.69, 9.17) is 41.3 Å². The third kappa shape index (κ3) is 8.18. The summed E-state index contributed by atoms with van der Waals surface area (Å²) in [6.07, 6.45) is 1.36. The summed E-state index contributed by atoms with van der Waals surface area (Å²) in [6.45, 7) is 4.24. The lowest BCUT2D eigenvalue weighted by atomic mass is 10.2. The Balaban J connectivity index is 1.82. The van der Waals surface area contributed by atoms with Crippen LogP contribution in [-0.4, -0.2) is 46.7 Å². The first-order valence-corrected chi connectivity index (χ1v) is 13.1. The number of hydrogen-bond acceptors (Lipinski definition) is 9. The minimum atomic E-state index is -4.10. The van der Waals surface area contributed by atoms with E-state index in [9.17, 15) is 23.3 Å². The number of hydrogen-bond donors (Lipinski definition) is 2. The van der Waals surface area contributed by atoms with Crippen molar-refractivity contribution in [2.75, 3.05) is 13.2 Å². The van der Waals surface area contributed by atoms with Crippen molar-refractivity contribution in [3.63, 3.8) is 0 Å². The normalized spacial score (nSPS) is 20.8. The Labute approximate surface area is 221 Å². The van der Waals surface area contributed by atoms with Gasteiger partial charge in [0.25, 0.3) is 5.56 Å². The van der Waals surface area contributed by atoms with Crippen LogP contribution in [0, 0.1) is 18.2 Å². The van der Waals surface area contributed by atoms with Crippen LogP contribution in [0.2, 0.25) is 5.02 Å². The number of nitrogens with zero attached hydrogens (tertiary/aromatic N) is 1. The number of aromatic amines is 1. The van der Waals surface area contributed by atoms with Crippen molar-refractivity contribution < 1.29 is 37.0 Å². The maximum absolute atomic E-state index is 13.9. The summed E-state index contributed by atoms with van der Waals surface area (Å²) in [5.74, 6) is 1.19. The first-order chi connectivity index (χ1) is 17.8. The Bertz CT molecular complexity index is 1350. The topological polar surface area (TPSA) is 147 Å². The standard InChI is InChI=1S/C23H26ClFN3O9P/c1-5-10-26-38(32,37-15-8-6-14(24)7-9-15)33-13-18-17(35-22(31)36-23(2,3)4)11-19(34-18)28-12-16(25)20(29)27-21(28)30/h1,6-9,12,17-19H,10-11,13H2,2-4H3,(H,26,32)(H,27,29,30)/t17-,18+,19+,38?/m0/s1. The fraction of sp³-hybridized carbons (Fsp3) is 0.435. The van der Waals surface area contributed by atoms with E-state index >= 15 is 0 Å². The van der Waals surface area contributed by atoms with Gasteiger partial charge in [-0.1, -0.05) is 17.5 Å². The number of ether oxygens (including phenoxy) is 3. The predicted octanol–water partition coefficient (Wildman–Crippen LogP) is 3.36. The zero-order valence-corrected chi connectivity index (χ0v) is 22.3. The van der Waals surface area contributed by atoms with Crippen LogP contribution < -0.4 is 20.9 Å².